The second-order valence-electron chi connectivity index (χ2n) is 6.74. The van der Waals surface area contributed by atoms with Gasteiger partial charge in [-0.25, -0.2) is 0 Å². The van der Waals surface area contributed by atoms with Crippen LogP contribution in [0.25, 0.3) is 0 Å². The highest BCUT2D eigenvalue weighted by molar-refractivity contribution is 7.99. The molecule has 0 radical (unpaired) electrons. The SMILES string of the molecule is CNc1ccccc1Oc1ccc(Sc2ccc(Oc3ccccc3NC)cc2)cc1. The van der Waals surface area contributed by atoms with Crippen molar-refractivity contribution in [3.05, 3.63) is 97.1 Å². The Labute approximate surface area is 187 Å². The van der Waals surface area contributed by atoms with Gasteiger partial charge in [-0.05, 0) is 72.8 Å². The molecule has 0 amide bonds. The van der Waals surface area contributed by atoms with Crippen LogP contribution in [0, 0.1) is 0 Å². The molecule has 4 nitrogen and oxygen atoms in total. The van der Waals surface area contributed by atoms with Gasteiger partial charge in [-0.1, -0.05) is 36.0 Å². The van der Waals surface area contributed by atoms with Crippen molar-refractivity contribution in [3.63, 3.8) is 0 Å². The lowest BCUT2D eigenvalue weighted by Gasteiger charge is -2.11. The van der Waals surface area contributed by atoms with Crippen LogP contribution >= 0.6 is 11.8 Å². The number of hydrogen-bond donors (Lipinski definition) is 2. The molecule has 0 heterocycles. The fraction of sp³-hybridized carbons (Fsp3) is 0.0769. The van der Waals surface area contributed by atoms with Crippen molar-refractivity contribution in [1.29, 1.82) is 0 Å². The van der Waals surface area contributed by atoms with E-state index in [2.05, 4.69) is 34.9 Å². The average molecular weight is 429 g/mol. The minimum absolute atomic E-state index is 0.805. The Morgan fingerprint density at radius 3 is 1.29 bits per heavy atom. The largest absolute Gasteiger partial charge is 0.455 e. The van der Waals surface area contributed by atoms with E-state index in [-0.39, 0.29) is 0 Å². The van der Waals surface area contributed by atoms with Gasteiger partial charge in [0.15, 0.2) is 0 Å². The molecule has 0 aliphatic rings. The van der Waals surface area contributed by atoms with Crippen LogP contribution in [-0.4, -0.2) is 14.1 Å². The Balaban J connectivity index is 1.39. The summed E-state index contributed by atoms with van der Waals surface area (Å²) in [6.07, 6.45) is 0. The minimum Gasteiger partial charge on any atom is -0.455 e. The van der Waals surface area contributed by atoms with Gasteiger partial charge in [0, 0.05) is 23.9 Å². The molecule has 0 atom stereocenters. The Hall–Kier alpha value is -3.57. The van der Waals surface area contributed by atoms with E-state index < -0.39 is 0 Å². The fourth-order valence-corrected chi connectivity index (χ4v) is 3.88. The van der Waals surface area contributed by atoms with Gasteiger partial charge in [0.1, 0.15) is 23.0 Å². The summed E-state index contributed by atoms with van der Waals surface area (Å²) in [7, 11) is 3.77. The predicted octanol–water partition coefficient (Wildman–Crippen LogP) is 7.51. The molecule has 0 saturated carbocycles. The minimum atomic E-state index is 0.805. The Morgan fingerprint density at radius 1 is 0.516 bits per heavy atom. The predicted molar refractivity (Wildman–Crippen MR) is 129 cm³/mol. The number of anilines is 2. The zero-order chi connectivity index (χ0) is 21.5. The van der Waals surface area contributed by atoms with Gasteiger partial charge in [-0.3, -0.25) is 0 Å². The zero-order valence-electron chi connectivity index (χ0n) is 17.5. The van der Waals surface area contributed by atoms with E-state index >= 15 is 0 Å². The monoisotopic (exact) mass is 428 g/mol. The normalized spacial score (nSPS) is 10.4. The van der Waals surface area contributed by atoms with E-state index in [1.54, 1.807) is 11.8 Å². The molecule has 0 aromatic heterocycles. The molecule has 0 aliphatic carbocycles. The molecule has 2 N–H and O–H groups in total. The summed E-state index contributed by atoms with van der Waals surface area (Å²) >= 11 is 1.70. The second-order valence-corrected chi connectivity index (χ2v) is 7.89. The van der Waals surface area contributed by atoms with Crippen LogP contribution in [0.2, 0.25) is 0 Å². The van der Waals surface area contributed by atoms with E-state index in [0.29, 0.717) is 0 Å². The lowest BCUT2D eigenvalue weighted by molar-refractivity contribution is 0.484. The molecule has 0 fully saturated rings. The lowest BCUT2D eigenvalue weighted by atomic mass is 10.3. The van der Waals surface area contributed by atoms with Crippen LogP contribution < -0.4 is 20.1 Å². The Kier molecular flexibility index (Phi) is 6.65. The maximum Gasteiger partial charge on any atom is 0.150 e. The zero-order valence-corrected chi connectivity index (χ0v) is 18.3. The number of ether oxygens (including phenoxy) is 2. The smallest absolute Gasteiger partial charge is 0.150 e. The van der Waals surface area contributed by atoms with Crippen molar-refractivity contribution in [1.82, 2.24) is 0 Å². The van der Waals surface area contributed by atoms with Crippen LogP contribution in [-0.2, 0) is 0 Å². The molecule has 0 aliphatic heterocycles. The summed E-state index contributed by atoms with van der Waals surface area (Å²) in [5.74, 6) is 3.22. The quantitative estimate of drug-likeness (QED) is 0.304. The molecule has 156 valence electrons. The molecule has 4 rings (SSSR count). The van der Waals surface area contributed by atoms with Crippen molar-refractivity contribution in [2.75, 3.05) is 24.7 Å². The van der Waals surface area contributed by atoms with Crippen molar-refractivity contribution in [2.24, 2.45) is 0 Å². The van der Waals surface area contributed by atoms with Crippen molar-refractivity contribution >= 4 is 23.1 Å². The van der Waals surface area contributed by atoms with E-state index in [9.17, 15) is 0 Å². The third-order valence-corrected chi connectivity index (χ3v) is 5.67. The lowest BCUT2D eigenvalue weighted by Crippen LogP contribution is -1.92. The molecule has 0 unspecified atom stereocenters. The van der Waals surface area contributed by atoms with Gasteiger partial charge in [0.25, 0.3) is 0 Å². The van der Waals surface area contributed by atoms with Crippen LogP contribution in [0.1, 0.15) is 0 Å². The number of benzene rings is 4. The number of nitrogens with one attached hydrogen (secondary N) is 2. The third-order valence-electron chi connectivity index (χ3n) is 4.65. The summed E-state index contributed by atoms with van der Waals surface area (Å²) in [5, 5.41) is 6.29. The van der Waals surface area contributed by atoms with Crippen molar-refractivity contribution in [2.45, 2.75) is 9.79 Å². The summed E-state index contributed by atoms with van der Waals surface area (Å²) in [6, 6.07) is 32.0. The van der Waals surface area contributed by atoms with E-state index in [1.165, 1.54) is 0 Å². The third kappa shape index (κ3) is 5.32. The van der Waals surface area contributed by atoms with Crippen molar-refractivity contribution < 1.29 is 9.47 Å². The molecule has 0 saturated heterocycles. The summed E-state index contributed by atoms with van der Waals surface area (Å²) in [6.45, 7) is 0. The molecule has 4 aromatic carbocycles. The van der Waals surface area contributed by atoms with Gasteiger partial charge in [0.05, 0.1) is 11.4 Å². The number of rotatable bonds is 8. The Bertz CT molecular complexity index is 1040. The molecule has 31 heavy (non-hydrogen) atoms. The van der Waals surface area contributed by atoms with E-state index in [4.69, 9.17) is 9.47 Å². The van der Waals surface area contributed by atoms with Crippen LogP contribution in [0.15, 0.2) is 107 Å². The molecular weight excluding hydrogens is 404 g/mol. The molecule has 5 heteroatoms. The highest BCUT2D eigenvalue weighted by atomic mass is 32.2. The van der Waals surface area contributed by atoms with Crippen LogP contribution in [0.4, 0.5) is 11.4 Å². The maximum atomic E-state index is 6.00. The first-order valence-electron chi connectivity index (χ1n) is 10.0. The first-order chi connectivity index (χ1) is 15.2. The van der Waals surface area contributed by atoms with Crippen LogP contribution in [0.3, 0.4) is 0 Å². The summed E-state index contributed by atoms with van der Waals surface area (Å²) < 4.78 is 12.0. The second kappa shape index (κ2) is 9.96. The van der Waals surface area contributed by atoms with Gasteiger partial charge in [-0.15, -0.1) is 0 Å². The van der Waals surface area contributed by atoms with E-state index in [0.717, 1.165) is 44.2 Å². The summed E-state index contributed by atoms with van der Waals surface area (Å²) in [5.41, 5.74) is 1.92. The number of hydrogen-bond acceptors (Lipinski definition) is 5. The highest BCUT2D eigenvalue weighted by Gasteiger charge is 2.05. The van der Waals surface area contributed by atoms with E-state index in [1.807, 2.05) is 86.9 Å². The standard InChI is InChI=1S/C26H24N2O2S/c1-27-23-7-3-5-9-25(23)29-19-11-15-21(16-12-19)31-22-17-13-20(14-18-22)30-26-10-6-4-8-24(26)28-2/h3-18,27-28H,1-2H3. The first-order valence-corrected chi connectivity index (χ1v) is 10.8. The summed E-state index contributed by atoms with van der Waals surface area (Å²) in [4.78, 5) is 2.28. The van der Waals surface area contributed by atoms with Gasteiger partial charge >= 0.3 is 0 Å². The maximum absolute atomic E-state index is 6.00. The highest BCUT2D eigenvalue weighted by Crippen LogP contribution is 2.34. The Morgan fingerprint density at radius 2 is 0.903 bits per heavy atom. The van der Waals surface area contributed by atoms with Gasteiger partial charge in [-0.2, -0.15) is 0 Å². The van der Waals surface area contributed by atoms with Gasteiger partial charge < -0.3 is 20.1 Å². The fourth-order valence-electron chi connectivity index (χ4n) is 3.07. The molecule has 0 spiro atoms. The van der Waals surface area contributed by atoms with Gasteiger partial charge in [0.2, 0.25) is 0 Å². The number of para-hydroxylation sites is 4. The topological polar surface area (TPSA) is 42.5 Å². The molecule has 4 aromatic rings. The first kappa shape index (κ1) is 20.7. The average Bonchev–Trinajstić information content (AvgIpc) is 2.82. The van der Waals surface area contributed by atoms with Crippen LogP contribution in [0.5, 0.6) is 23.0 Å². The van der Waals surface area contributed by atoms with Crippen molar-refractivity contribution in [3.8, 4) is 23.0 Å². The molecule has 0 bridgehead atoms. The molecular formula is C26H24N2O2S.